The van der Waals surface area contributed by atoms with Crippen molar-refractivity contribution in [2.45, 2.75) is 76.5 Å². The molecule has 2 aliphatic heterocycles. The monoisotopic (exact) mass is 254 g/mol. The molecule has 0 saturated carbocycles. The average molecular weight is 254 g/mol. The number of nitrogens with two attached hydrogens (primary N) is 1. The number of rotatable bonds is 7. The molecule has 0 radical (unpaired) electrons. The van der Waals surface area contributed by atoms with Crippen LogP contribution < -0.4 is 5.73 Å². The maximum absolute atomic E-state index is 6.29. The first-order valence-electron chi connectivity index (χ1n) is 7.92. The van der Waals surface area contributed by atoms with Gasteiger partial charge in [-0.2, -0.15) is 0 Å². The van der Waals surface area contributed by atoms with E-state index in [9.17, 15) is 0 Å². The molecular weight excluding hydrogens is 224 g/mol. The van der Waals surface area contributed by atoms with Gasteiger partial charge in [-0.25, -0.2) is 0 Å². The highest BCUT2D eigenvalue weighted by atomic mass is 16.5. The van der Waals surface area contributed by atoms with Crippen molar-refractivity contribution in [1.82, 2.24) is 4.90 Å². The van der Waals surface area contributed by atoms with Gasteiger partial charge in [-0.3, -0.25) is 4.90 Å². The summed E-state index contributed by atoms with van der Waals surface area (Å²) >= 11 is 0. The fraction of sp³-hybridized carbons (Fsp3) is 1.00. The van der Waals surface area contributed by atoms with Crippen molar-refractivity contribution in [3.63, 3.8) is 0 Å². The van der Waals surface area contributed by atoms with Crippen molar-refractivity contribution in [3.8, 4) is 0 Å². The van der Waals surface area contributed by atoms with Gasteiger partial charge >= 0.3 is 0 Å². The molecule has 0 aromatic carbocycles. The lowest BCUT2D eigenvalue weighted by Crippen LogP contribution is -2.52. The molecule has 0 aromatic heterocycles. The van der Waals surface area contributed by atoms with Crippen molar-refractivity contribution in [3.05, 3.63) is 0 Å². The third kappa shape index (κ3) is 3.94. The minimum absolute atomic E-state index is 0.244. The van der Waals surface area contributed by atoms with Gasteiger partial charge in [0, 0.05) is 18.6 Å². The summed E-state index contributed by atoms with van der Waals surface area (Å²) in [6.07, 6.45) is 10.7. The quantitative estimate of drug-likeness (QED) is 0.710. The maximum atomic E-state index is 6.29. The molecular formula is C15H30N2O. The second-order valence-corrected chi connectivity index (χ2v) is 6.03. The van der Waals surface area contributed by atoms with Gasteiger partial charge in [0.2, 0.25) is 0 Å². The summed E-state index contributed by atoms with van der Waals surface area (Å²) in [6.45, 7) is 5.50. The largest absolute Gasteiger partial charge is 0.374 e. The number of hydrogen-bond acceptors (Lipinski definition) is 3. The van der Waals surface area contributed by atoms with Crippen LogP contribution in [0.25, 0.3) is 0 Å². The fourth-order valence-corrected chi connectivity index (χ4v) is 3.27. The summed E-state index contributed by atoms with van der Waals surface area (Å²) in [5, 5.41) is 0. The molecule has 2 heterocycles. The molecule has 0 spiro atoms. The first-order chi connectivity index (χ1) is 8.81. The first kappa shape index (κ1) is 14.3. The van der Waals surface area contributed by atoms with Crippen LogP contribution in [0.5, 0.6) is 0 Å². The topological polar surface area (TPSA) is 38.5 Å². The van der Waals surface area contributed by atoms with Crippen molar-refractivity contribution >= 4 is 0 Å². The minimum Gasteiger partial charge on any atom is -0.374 e. The molecule has 2 aliphatic rings. The highest BCUT2D eigenvalue weighted by Crippen LogP contribution is 2.24. The van der Waals surface area contributed by atoms with Crippen molar-refractivity contribution in [1.29, 1.82) is 0 Å². The van der Waals surface area contributed by atoms with Gasteiger partial charge in [0.05, 0.1) is 12.7 Å². The Balaban J connectivity index is 1.61. The third-order valence-corrected chi connectivity index (χ3v) is 4.53. The maximum Gasteiger partial charge on any atom is 0.0853 e. The third-order valence-electron chi connectivity index (χ3n) is 4.53. The van der Waals surface area contributed by atoms with E-state index in [0.29, 0.717) is 6.04 Å². The number of nitrogens with zero attached hydrogens (tertiary/aromatic N) is 1. The van der Waals surface area contributed by atoms with Crippen LogP contribution in [0, 0.1) is 0 Å². The van der Waals surface area contributed by atoms with E-state index in [1.807, 2.05) is 0 Å². The number of morpholine rings is 1. The Kier molecular flexibility index (Phi) is 5.93. The van der Waals surface area contributed by atoms with E-state index >= 15 is 0 Å². The summed E-state index contributed by atoms with van der Waals surface area (Å²) in [7, 11) is 0. The Morgan fingerprint density at radius 1 is 1.28 bits per heavy atom. The summed E-state index contributed by atoms with van der Waals surface area (Å²) in [5.41, 5.74) is 6.29. The smallest absolute Gasteiger partial charge is 0.0853 e. The van der Waals surface area contributed by atoms with E-state index in [-0.39, 0.29) is 12.1 Å². The molecule has 2 N–H and O–H groups in total. The summed E-state index contributed by atoms with van der Waals surface area (Å²) < 4.78 is 5.97. The van der Waals surface area contributed by atoms with E-state index in [2.05, 4.69) is 11.8 Å². The average Bonchev–Trinajstić information content (AvgIpc) is 2.85. The molecule has 0 bridgehead atoms. The van der Waals surface area contributed by atoms with Crippen LogP contribution in [0.15, 0.2) is 0 Å². The molecule has 106 valence electrons. The number of hydrogen-bond donors (Lipinski definition) is 1. The molecule has 0 aliphatic carbocycles. The standard InChI is InChI=1S/C15H30N2O/c1-2-3-4-5-6-9-14(16)15-11-17-10-7-8-13(17)12-18-15/h13-15H,2-12,16H2,1H3. The molecule has 2 saturated heterocycles. The lowest BCUT2D eigenvalue weighted by molar-refractivity contribution is -0.0602. The Hall–Kier alpha value is -0.120. The van der Waals surface area contributed by atoms with Gasteiger partial charge in [-0.05, 0) is 25.8 Å². The van der Waals surface area contributed by atoms with E-state index < -0.39 is 0 Å². The van der Waals surface area contributed by atoms with Crippen molar-refractivity contribution in [2.75, 3.05) is 19.7 Å². The molecule has 3 atom stereocenters. The van der Waals surface area contributed by atoms with Crippen molar-refractivity contribution in [2.24, 2.45) is 5.73 Å². The van der Waals surface area contributed by atoms with E-state index in [4.69, 9.17) is 10.5 Å². The highest BCUT2D eigenvalue weighted by Gasteiger charge is 2.34. The number of unbranched alkanes of at least 4 members (excludes halogenated alkanes) is 4. The van der Waals surface area contributed by atoms with Crippen LogP contribution in [0.1, 0.15) is 58.3 Å². The first-order valence-corrected chi connectivity index (χ1v) is 7.92. The van der Waals surface area contributed by atoms with Crippen LogP contribution >= 0.6 is 0 Å². The van der Waals surface area contributed by atoms with Crippen LogP contribution in [-0.4, -0.2) is 42.8 Å². The van der Waals surface area contributed by atoms with E-state index in [1.54, 1.807) is 0 Å². The Morgan fingerprint density at radius 2 is 2.11 bits per heavy atom. The Labute approximate surface area is 112 Å². The molecule has 3 heteroatoms. The van der Waals surface area contributed by atoms with E-state index in [1.165, 1.54) is 51.5 Å². The molecule has 2 rings (SSSR count). The molecule has 18 heavy (non-hydrogen) atoms. The predicted octanol–water partition coefficient (Wildman–Crippen LogP) is 2.54. The predicted molar refractivity (Wildman–Crippen MR) is 75.7 cm³/mol. The Morgan fingerprint density at radius 3 is 2.94 bits per heavy atom. The van der Waals surface area contributed by atoms with Gasteiger partial charge in [-0.15, -0.1) is 0 Å². The van der Waals surface area contributed by atoms with Crippen LogP contribution in [0.4, 0.5) is 0 Å². The Bertz CT molecular complexity index is 235. The van der Waals surface area contributed by atoms with Gasteiger partial charge in [0.1, 0.15) is 0 Å². The van der Waals surface area contributed by atoms with Crippen LogP contribution in [-0.2, 0) is 4.74 Å². The summed E-state index contributed by atoms with van der Waals surface area (Å²) in [4.78, 5) is 2.59. The van der Waals surface area contributed by atoms with Crippen molar-refractivity contribution < 1.29 is 4.74 Å². The van der Waals surface area contributed by atoms with Gasteiger partial charge < -0.3 is 10.5 Å². The lowest BCUT2D eigenvalue weighted by atomic mass is 10.0. The zero-order valence-electron chi connectivity index (χ0n) is 11.9. The highest BCUT2D eigenvalue weighted by molar-refractivity contribution is 4.88. The molecule has 0 aromatic rings. The number of fused-ring (bicyclic) bond motifs is 1. The zero-order valence-corrected chi connectivity index (χ0v) is 11.9. The van der Waals surface area contributed by atoms with Gasteiger partial charge in [0.15, 0.2) is 0 Å². The number of ether oxygens (including phenoxy) is 1. The van der Waals surface area contributed by atoms with E-state index in [0.717, 1.165) is 19.6 Å². The fourth-order valence-electron chi connectivity index (χ4n) is 3.27. The molecule has 3 unspecified atom stereocenters. The van der Waals surface area contributed by atoms with Crippen LogP contribution in [0.3, 0.4) is 0 Å². The molecule has 2 fully saturated rings. The zero-order chi connectivity index (χ0) is 12.8. The second kappa shape index (κ2) is 7.46. The lowest BCUT2D eigenvalue weighted by Gasteiger charge is -2.37. The molecule has 0 amide bonds. The van der Waals surface area contributed by atoms with Gasteiger partial charge in [-0.1, -0.05) is 39.0 Å². The molecule has 3 nitrogen and oxygen atoms in total. The second-order valence-electron chi connectivity index (χ2n) is 6.03. The normalized spacial score (nSPS) is 30.3. The van der Waals surface area contributed by atoms with Gasteiger partial charge in [0.25, 0.3) is 0 Å². The summed E-state index contributed by atoms with van der Waals surface area (Å²) in [6, 6.07) is 0.936. The summed E-state index contributed by atoms with van der Waals surface area (Å²) in [5.74, 6) is 0. The minimum atomic E-state index is 0.244. The SMILES string of the molecule is CCCCCCCC(N)C1CN2CCCC2CO1. The van der Waals surface area contributed by atoms with Crippen LogP contribution in [0.2, 0.25) is 0 Å².